The van der Waals surface area contributed by atoms with Gasteiger partial charge in [0.25, 0.3) is 0 Å². The Balaban J connectivity index is 1.48. The van der Waals surface area contributed by atoms with E-state index in [9.17, 15) is 0 Å². The maximum Gasteiger partial charge on any atom is 0.169 e. The third-order valence-corrected chi connectivity index (χ3v) is 5.75. The van der Waals surface area contributed by atoms with E-state index in [1.807, 2.05) is 0 Å². The van der Waals surface area contributed by atoms with Crippen LogP contribution in [0.3, 0.4) is 0 Å². The van der Waals surface area contributed by atoms with Crippen LogP contribution in [0, 0.1) is 0 Å². The third-order valence-electron chi connectivity index (χ3n) is 5.75. The summed E-state index contributed by atoms with van der Waals surface area (Å²) in [5.74, 6) is -0.254. The number of nitrogens with one attached hydrogen (secondary N) is 1. The average Bonchev–Trinajstić information content (AvgIpc) is 2.95. The summed E-state index contributed by atoms with van der Waals surface area (Å²) in [4.78, 5) is 1.62. The fourth-order valence-corrected chi connectivity index (χ4v) is 4.32. The molecule has 1 atom stereocenters. The second kappa shape index (κ2) is 9.36. The van der Waals surface area contributed by atoms with Crippen LogP contribution in [0.15, 0.2) is 0 Å². The van der Waals surface area contributed by atoms with Gasteiger partial charge in [-0.1, -0.05) is 44.9 Å². The quantitative estimate of drug-likeness (QED) is 0.845. The van der Waals surface area contributed by atoms with Gasteiger partial charge in [-0.3, -0.25) is 0 Å². The van der Waals surface area contributed by atoms with Gasteiger partial charge in [0, 0.05) is 12.8 Å². The molecule has 1 unspecified atom stereocenters. The Morgan fingerprint density at radius 2 is 1.35 bits per heavy atom. The molecule has 2 heterocycles. The van der Waals surface area contributed by atoms with Gasteiger partial charge >= 0.3 is 0 Å². The van der Waals surface area contributed by atoms with Crippen molar-refractivity contribution in [2.24, 2.45) is 0 Å². The maximum absolute atomic E-state index is 6.51. The van der Waals surface area contributed by atoms with Crippen LogP contribution in [0.25, 0.3) is 0 Å². The van der Waals surface area contributed by atoms with Gasteiger partial charge in [-0.25, -0.2) is 0 Å². The van der Waals surface area contributed by atoms with Gasteiger partial charge in [0.05, 0.1) is 19.8 Å². The van der Waals surface area contributed by atoms with Crippen molar-refractivity contribution in [1.82, 2.24) is 0 Å². The first-order chi connectivity index (χ1) is 11.4. The molecule has 0 amide bonds. The third kappa shape index (κ3) is 5.70. The van der Waals surface area contributed by atoms with Crippen molar-refractivity contribution in [3.05, 3.63) is 0 Å². The molecular formula is C19H36NO3+. The van der Waals surface area contributed by atoms with E-state index in [2.05, 4.69) is 0 Å². The summed E-state index contributed by atoms with van der Waals surface area (Å²) in [5.41, 5.74) is 0. The molecule has 2 saturated heterocycles. The molecule has 0 aromatic rings. The van der Waals surface area contributed by atoms with Crippen LogP contribution in [0.5, 0.6) is 0 Å². The SMILES string of the molecule is C1CCCCCC2(CCCCC1)OCC(C[NH+]1CCOCC1)O2. The van der Waals surface area contributed by atoms with Crippen LogP contribution in [-0.4, -0.2) is 51.3 Å². The summed E-state index contributed by atoms with van der Waals surface area (Å²) in [6.07, 6.45) is 14.7. The molecule has 2 aliphatic heterocycles. The number of hydrogen-bond acceptors (Lipinski definition) is 3. The van der Waals surface area contributed by atoms with E-state index in [4.69, 9.17) is 14.2 Å². The molecule has 23 heavy (non-hydrogen) atoms. The Hall–Kier alpha value is -0.160. The van der Waals surface area contributed by atoms with Gasteiger partial charge in [-0.15, -0.1) is 0 Å². The first kappa shape index (κ1) is 17.7. The highest BCUT2D eigenvalue weighted by Gasteiger charge is 2.42. The van der Waals surface area contributed by atoms with Gasteiger partial charge in [0.1, 0.15) is 25.7 Å². The molecule has 1 spiro atoms. The Kier molecular flexibility index (Phi) is 7.18. The van der Waals surface area contributed by atoms with Crippen LogP contribution >= 0.6 is 0 Å². The fraction of sp³-hybridized carbons (Fsp3) is 1.00. The molecule has 0 radical (unpaired) electrons. The lowest BCUT2D eigenvalue weighted by molar-refractivity contribution is -0.910. The molecule has 0 aromatic carbocycles. The van der Waals surface area contributed by atoms with Crippen molar-refractivity contribution >= 4 is 0 Å². The standard InChI is InChI=1S/C19H35NO3/c1-2-4-6-8-10-19(11-9-7-5-3-1)22-17-18(23-19)16-20-12-14-21-15-13-20/h18H,1-17H2/p+1. The first-order valence-electron chi connectivity index (χ1n) is 10.1. The zero-order chi connectivity index (χ0) is 15.8. The average molecular weight is 327 g/mol. The van der Waals surface area contributed by atoms with Crippen molar-refractivity contribution < 1.29 is 19.1 Å². The van der Waals surface area contributed by atoms with E-state index in [-0.39, 0.29) is 11.9 Å². The van der Waals surface area contributed by atoms with Gasteiger partial charge in [-0.05, 0) is 12.8 Å². The number of ether oxygens (including phenoxy) is 3. The van der Waals surface area contributed by atoms with E-state index < -0.39 is 0 Å². The molecular weight excluding hydrogens is 290 g/mol. The highest BCUT2D eigenvalue weighted by Crippen LogP contribution is 2.34. The molecule has 4 heteroatoms. The van der Waals surface area contributed by atoms with Crippen LogP contribution in [0.4, 0.5) is 0 Å². The number of quaternary nitrogens is 1. The Morgan fingerprint density at radius 3 is 1.96 bits per heavy atom. The Morgan fingerprint density at radius 1 is 0.783 bits per heavy atom. The molecule has 3 rings (SSSR count). The van der Waals surface area contributed by atoms with Gasteiger partial charge in [0.2, 0.25) is 0 Å². The summed E-state index contributed by atoms with van der Waals surface area (Å²) in [5, 5.41) is 0. The second-order valence-corrected chi connectivity index (χ2v) is 7.71. The van der Waals surface area contributed by atoms with Crippen LogP contribution in [0.1, 0.15) is 70.6 Å². The molecule has 1 N–H and O–H groups in total. The molecule has 3 aliphatic rings. The van der Waals surface area contributed by atoms with E-state index in [1.165, 1.54) is 57.8 Å². The number of hydrogen-bond donors (Lipinski definition) is 1. The smallest absolute Gasteiger partial charge is 0.169 e. The van der Waals surface area contributed by atoms with Crippen molar-refractivity contribution in [2.75, 3.05) is 39.5 Å². The normalized spacial score (nSPS) is 31.6. The molecule has 0 bridgehead atoms. The van der Waals surface area contributed by atoms with Gasteiger partial charge in [-0.2, -0.15) is 0 Å². The van der Waals surface area contributed by atoms with Crippen molar-refractivity contribution in [2.45, 2.75) is 82.5 Å². The summed E-state index contributed by atoms with van der Waals surface area (Å²) in [6, 6.07) is 0. The molecule has 0 aromatic heterocycles. The molecule has 1 aliphatic carbocycles. The van der Waals surface area contributed by atoms with E-state index >= 15 is 0 Å². The summed E-state index contributed by atoms with van der Waals surface area (Å²) in [6.45, 7) is 5.91. The van der Waals surface area contributed by atoms with Crippen LogP contribution < -0.4 is 4.90 Å². The highest BCUT2D eigenvalue weighted by atomic mass is 16.7. The lowest BCUT2D eigenvalue weighted by Gasteiger charge is -2.30. The van der Waals surface area contributed by atoms with E-state index in [1.54, 1.807) is 4.90 Å². The second-order valence-electron chi connectivity index (χ2n) is 7.71. The molecule has 134 valence electrons. The highest BCUT2D eigenvalue weighted by molar-refractivity contribution is 4.79. The zero-order valence-electron chi connectivity index (χ0n) is 14.8. The molecule has 4 nitrogen and oxygen atoms in total. The number of rotatable bonds is 2. The summed E-state index contributed by atoms with van der Waals surface area (Å²) in [7, 11) is 0. The minimum atomic E-state index is -0.254. The van der Waals surface area contributed by atoms with Gasteiger partial charge < -0.3 is 19.1 Å². The predicted molar refractivity (Wildman–Crippen MR) is 90.7 cm³/mol. The lowest BCUT2D eigenvalue weighted by Crippen LogP contribution is -3.15. The Labute approximate surface area is 141 Å². The minimum Gasteiger partial charge on any atom is -0.370 e. The van der Waals surface area contributed by atoms with E-state index in [0.717, 1.165) is 52.3 Å². The fourth-order valence-electron chi connectivity index (χ4n) is 4.32. The van der Waals surface area contributed by atoms with Gasteiger partial charge in [0.15, 0.2) is 5.79 Å². The summed E-state index contributed by atoms with van der Waals surface area (Å²) >= 11 is 0. The lowest BCUT2D eigenvalue weighted by atomic mass is 9.97. The molecule has 3 fully saturated rings. The monoisotopic (exact) mass is 326 g/mol. The zero-order valence-corrected chi connectivity index (χ0v) is 14.8. The Bertz CT molecular complexity index is 319. The van der Waals surface area contributed by atoms with Crippen LogP contribution in [0.2, 0.25) is 0 Å². The van der Waals surface area contributed by atoms with E-state index in [0.29, 0.717) is 0 Å². The topological polar surface area (TPSA) is 32.1 Å². The predicted octanol–water partition coefficient (Wildman–Crippen LogP) is 2.32. The van der Waals surface area contributed by atoms with Crippen molar-refractivity contribution in [1.29, 1.82) is 0 Å². The molecule has 1 saturated carbocycles. The summed E-state index contributed by atoms with van der Waals surface area (Å²) < 4.78 is 18.2. The van der Waals surface area contributed by atoms with Crippen molar-refractivity contribution in [3.63, 3.8) is 0 Å². The first-order valence-corrected chi connectivity index (χ1v) is 10.1. The van der Waals surface area contributed by atoms with Crippen LogP contribution in [-0.2, 0) is 14.2 Å². The largest absolute Gasteiger partial charge is 0.370 e. The number of morpholine rings is 1. The maximum atomic E-state index is 6.51. The minimum absolute atomic E-state index is 0.254. The van der Waals surface area contributed by atoms with Crippen molar-refractivity contribution in [3.8, 4) is 0 Å².